The third-order valence-electron chi connectivity index (χ3n) is 8.17. The summed E-state index contributed by atoms with van der Waals surface area (Å²) in [6.07, 6.45) is 1.75. The number of para-hydroxylation sites is 1. The van der Waals surface area contributed by atoms with E-state index in [0.29, 0.717) is 0 Å². The molecule has 1 heterocycles. The molecule has 0 saturated carbocycles. The molecule has 41 heavy (non-hydrogen) atoms. The highest BCUT2D eigenvalue weighted by atomic mass is 16.3. The molecule has 0 N–H and O–H groups in total. The van der Waals surface area contributed by atoms with Gasteiger partial charge in [0.05, 0.1) is 5.41 Å². The minimum absolute atomic E-state index is 0.392. The minimum Gasteiger partial charge on any atom is -0.456 e. The second kappa shape index (κ2) is 10.1. The fraction of sp³-hybridized carbons (Fsp3) is 0.0500. The number of benzene rings is 6. The molecule has 0 bridgehead atoms. The van der Waals surface area contributed by atoms with E-state index in [4.69, 9.17) is 4.42 Å². The van der Waals surface area contributed by atoms with Gasteiger partial charge in [-0.1, -0.05) is 127 Å². The molecule has 1 aliphatic rings. The second-order valence-electron chi connectivity index (χ2n) is 10.5. The van der Waals surface area contributed by atoms with E-state index in [2.05, 4.69) is 140 Å². The van der Waals surface area contributed by atoms with E-state index >= 15 is 0 Å². The predicted octanol–water partition coefficient (Wildman–Crippen LogP) is 10.8. The maximum Gasteiger partial charge on any atom is 0.135 e. The molecule has 1 aliphatic carbocycles. The third kappa shape index (κ3) is 3.85. The lowest BCUT2D eigenvalue weighted by Crippen LogP contribution is -2.28. The van der Waals surface area contributed by atoms with E-state index < -0.39 is 5.41 Å². The Balaban J connectivity index is 0.000000884. The summed E-state index contributed by atoms with van der Waals surface area (Å²) in [4.78, 5) is 0. The fourth-order valence-electron chi connectivity index (χ4n) is 6.53. The summed E-state index contributed by atoms with van der Waals surface area (Å²) in [7, 11) is 0. The summed E-state index contributed by atoms with van der Waals surface area (Å²) in [5.74, 6) is 0. The molecule has 0 saturated heterocycles. The van der Waals surface area contributed by atoms with Gasteiger partial charge < -0.3 is 4.42 Å². The molecule has 1 nitrogen and oxygen atoms in total. The van der Waals surface area contributed by atoms with Crippen LogP contribution in [0.3, 0.4) is 0 Å². The molecule has 6 aromatic carbocycles. The number of rotatable bonds is 3. The van der Waals surface area contributed by atoms with Crippen LogP contribution in [0.2, 0.25) is 0 Å². The number of hydrogen-bond donors (Lipinski definition) is 0. The number of furan rings is 1. The molecule has 1 aromatic heterocycles. The van der Waals surface area contributed by atoms with E-state index in [0.717, 1.165) is 21.9 Å². The van der Waals surface area contributed by atoms with Gasteiger partial charge in [0.25, 0.3) is 0 Å². The van der Waals surface area contributed by atoms with Crippen LogP contribution in [-0.2, 0) is 5.41 Å². The lowest BCUT2D eigenvalue weighted by atomic mass is 9.67. The number of hydrogen-bond acceptors (Lipinski definition) is 1. The molecule has 8 rings (SSSR count). The van der Waals surface area contributed by atoms with Crippen LogP contribution in [0.5, 0.6) is 0 Å². The maximum absolute atomic E-state index is 6.11. The van der Waals surface area contributed by atoms with Crippen LogP contribution >= 0.6 is 0 Å². The maximum atomic E-state index is 6.11. The zero-order chi connectivity index (χ0) is 27.8. The van der Waals surface area contributed by atoms with Crippen molar-refractivity contribution < 1.29 is 4.42 Å². The van der Waals surface area contributed by atoms with E-state index in [9.17, 15) is 0 Å². The van der Waals surface area contributed by atoms with Crippen molar-refractivity contribution >= 4 is 21.9 Å². The van der Waals surface area contributed by atoms with Crippen LogP contribution in [0.25, 0.3) is 44.2 Å². The first-order valence-electron chi connectivity index (χ1n) is 14.1. The molecular formula is C40H30O. The van der Waals surface area contributed by atoms with Gasteiger partial charge >= 0.3 is 0 Å². The number of fused-ring (bicyclic) bond motifs is 6. The Kier molecular flexibility index (Phi) is 6.14. The van der Waals surface area contributed by atoms with Gasteiger partial charge in [-0.3, -0.25) is 0 Å². The average Bonchev–Trinajstić information content (AvgIpc) is 3.55. The Morgan fingerprint density at radius 1 is 0.512 bits per heavy atom. The van der Waals surface area contributed by atoms with Gasteiger partial charge in [-0.05, 0) is 75.7 Å². The second-order valence-corrected chi connectivity index (χ2v) is 10.5. The first-order chi connectivity index (χ1) is 20.3. The normalized spacial score (nSPS) is 12.8. The highest BCUT2D eigenvalue weighted by Crippen LogP contribution is 2.56. The van der Waals surface area contributed by atoms with Gasteiger partial charge in [0, 0.05) is 10.8 Å². The fourth-order valence-corrected chi connectivity index (χ4v) is 6.53. The molecule has 1 heteroatoms. The topological polar surface area (TPSA) is 13.1 Å². The van der Waals surface area contributed by atoms with Crippen LogP contribution < -0.4 is 0 Å². The summed E-state index contributed by atoms with van der Waals surface area (Å²) < 4.78 is 6.11. The minimum atomic E-state index is -0.392. The van der Waals surface area contributed by atoms with Crippen molar-refractivity contribution in [3.63, 3.8) is 0 Å². The van der Waals surface area contributed by atoms with E-state index in [1.807, 2.05) is 19.1 Å². The molecular weight excluding hydrogens is 496 g/mol. The van der Waals surface area contributed by atoms with E-state index in [-0.39, 0.29) is 0 Å². The van der Waals surface area contributed by atoms with Crippen molar-refractivity contribution in [2.75, 3.05) is 0 Å². The zero-order valence-electron chi connectivity index (χ0n) is 23.0. The highest BCUT2D eigenvalue weighted by molar-refractivity contribution is 6.06. The summed E-state index contributed by atoms with van der Waals surface area (Å²) in [6.45, 7) is 5.25. The van der Waals surface area contributed by atoms with E-state index in [1.165, 1.54) is 44.5 Å². The van der Waals surface area contributed by atoms with Gasteiger partial charge in [0.2, 0.25) is 0 Å². The molecule has 0 unspecified atom stereocenters. The van der Waals surface area contributed by atoms with Gasteiger partial charge in [0.1, 0.15) is 11.2 Å². The molecule has 0 amide bonds. The summed E-state index contributed by atoms with van der Waals surface area (Å²) >= 11 is 0. The molecule has 196 valence electrons. The van der Waals surface area contributed by atoms with Crippen molar-refractivity contribution in [3.8, 4) is 22.3 Å². The summed E-state index contributed by atoms with van der Waals surface area (Å²) in [5.41, 5.74) is 11.7. The molecule has 0 fully saturated rings. The van der Waals surface area contributed by atoms with Gasteiger partial charge in [-0.2, -0.15) is 0 Å². The first kappa shape index (κ1) is 24.9. The Morgan fingerprint density at radius 3 is 1.78 bits per heavy atom. The Morgan fingerprint density at radius 2 is 1.05 bits per heavy atom. The van der Waals surface area contributed by atoms with Gasteiger partial charge in [-0.25, -0.2) is 0 Å². The molecule has 0 aliphatic heterocycles. The lowest BCUT2D eigenvalue weighted by molar-refractivity contribution is 0.669. The van der Waals surface area contributed by atoms with Gasteiger partial charge in [-0.15, -0.1) is 6.58 Å². The monoisotopic (exact) mass is 526 g/mol. The Labute approximate surface area is 241 Å². The number of allylic oxidation sites excluding steroid dienone is 1. The van der Waals surface area contributed by atoms with E-state index in [1.54, 1.807) is 6.08 Å². The van der Waals surface area contributed by atoms with Gasteiger partial charge in [0.15, 0.2) is 0 Å². The SMILES string of the molecule is C=CC.c1ccc(C2(c3ccccc3)c3ccccc3-c3ccc(-c4ccc5oc6ccccc6c5c4)cc32)cc1. The van der Waals surface area contributed by atoms with Crippen molar-refractivity contribution in [1.29, 1.82) is 0 Å². The van der Waals surface area contributed by atoms with Crippen LogP contribution in [0.15, 0.2) is 163 Å². The zero-order valence-corrected chi connectivity index (χ0v) is 23.0. The largest absolute Gasteiger partial charge is 0.456 e. The first-order valence-corrected chi connectivity index (χ1v) is 14.1. The van der Waals surface area contributed by atoms with Crippen molar-refractivity contribution in [3.05, 3.63) is 181 Å². The van der Waals surface area contributed by atoms with Crippen LogP contribution in [0, 0.1) is 0 Å². The quantitative estimate of drug-likeness (QED) is 0.209. The molecule has 0 radical (unpaired) electrons. The Hall–Kier alpha value is -5.14. The van der Waals surface area contributed by atoms with Crippen LogP contribution in [-0.4, -0.2) is 0 Å². The van der Waals surface area contributed by atoms with Crippen molar-refractivity contribution in [2.45, 2.75) is 12.3 Å². The van der Waals surface area contributed by atoms with Crippen molar-refractivity contribution in [1.82, 2.24) is 0 Å². The van der Waals surface area contributed by atoms with Crippen molar-refractivity contribution in [2.24, 2.45) is 0 Å². The molecule has 0 atom stereocenters. The predicted molar refractivity (Wildman–Crippen MR) is 172 cm³/mol. The Bertz CT molecular complexity index is 1970. The summed E-state index contributed by atoms with van der Waals surface area (Å²) in [5, 5.41) is 2.31. The summed E-state index contributed by atoms with van der Waals surface area (Å²) in [6, 6.07) is 52.7. The third-order valence-corrected chi connectivity index (χ3v) is 8.17. The highest BCUT2D eigenvalue weighted by Gasteiger charge is 2.45. The smallest absolute Gasteiger partial charge is 0.135 e. The molecule has 7 aromatic rings. The lowest BCUT2D eigenvalue weighted by Gasteiger charge is -2.34. The standard InChI is InChI=1S/C37H24O.C3H6/c1-3-11-27(12-4-1)37(28-13-5-2-6-14-28)33-17-9-7-15-29(33)30-21-19-26(24-34(30)37)25-20-22-36-32(23-25)31-16-8-10-18-35(31)38-36;1-3-2/h1-24H;3H,1H2,2H3. The molecule has 0 spiro atoms. The van der Waals surface area contributed by atoms with Crippen LogP contribution in [0.4, 0.5) is 0 Å². The average molecular weight is 527 g/mol. The van der Waals surface area contributed by atoms with Crippen LogP contribution in [0.1, 0.15) is 29.2 Å².